The van der Waals surface area contributed by atoms with Crippen molar-refractivity contribution in [1.29, 1.82) is 0 Å². The van der Waals surface area contributed by atoms with Crippen LogP contribution >= 0.6 is 0 Å². The maximum absolute atomic E-state index is 6.50. The summed E-state index contributed by atoms with van der Waals surface area (Å²) < 4.78 is 6.50. The van der Waals surface area contributed by atoms with E-state index in [9.17, 15) is 0 Å². The molecule has 4 heteroatoms. The topological polar surface area (TPSA) is 42.2 Å². The van der Waals surface area contributed by atoms with E-state index in [1.807, 2.05) is 60.7 Å². The number of benzene rings is 6. The molecular formula is C38H25N3O. The van der Waals surface area contributed by atoms with Crippen molar-refractivity contribution in [3.05, 3.63) is 152 Å². The Hall–Kier alpha value is -5.74. The van der Waals surface area contributed by atoms with Gasteiger partial charge in [-0.3, -0.25) is 0 Å². The highest BCUT2D eigenvalue weighted by atomic mass is 16.3. The molecule has 0 amide bonds. The van der Waals surface area contributed by atoms with Crippen molar-refractivity contribution in [2.24, 2.45) is 0 Å². The molecule has 0 aliphatic heterocycles. The van der Waals surface area contributed by atoms with Crippen molar-refractivity contribution in [2.75, 3.05) is 4.90 Å². The lowest BCUT2D eigenvalue weighted by molar-refractivity contribution is 0.669. The van der Waals surface area contributed by atoms with Gasteiger partial charge in [-0.15, -0.1) is 0 Å². The van der Waals surface area contributed by atoms with Crippen LogP contribution in [0.5, 0.6) is 0 Å². The summed E-state index contributed by atoms with van der Waals surface area (Å²) >= 11 is 0. The van der Waals surface area contributed by atoms with E-state index in [2.05, 4.69) is 95.9 Å². The first-order chi connectivity index (χ1) is 20.8. The summed E-state index contributed by atoms with van der Waals surface area (Å²) in [6.07, 6.45) is 0. The van der Waals surface area contributed by atoms with Crippen LogP contribution < -0.4 is 4.90 Å². The van der Waals surface area contributed by atoms with Gasteiger partial charge in [0.2, 0.25) is 0 Å². The van der Waals surface area contributed by atoms with Gasteiger partial charge in [-0.2, -0.15) is 0 Å². The molecule has 0 bridgehead atoms. The van der Waals surface area contributed by atoms with Crippen molar-refractivity contribution < 1.29 is 4.42 Å². The van der Waals surface area contributed by atoms with Gasteiger partial charge >= 0.3 is 0 Å². The summed E-state index contributed by atoms with van der Waals surface area (Å²) in [5, 5.41) is 3.06. The third kappa shape index (κ3) is 4.09. The second-order valence-electron chi connectivity index (χ2n) is 10.3. The first-order valence-electron chi connectivity index (χ1n) is 14.0. The Morgan fingerprint density at radius 3 is 1.79 bits per heavy atom. The van der Waals surface area contributed by atoms with Crippen LogP contribution in [-0.4, -0.2) is 9.97 Å². The van der Waals surface area contributed by atoms with Crippen molar-refractivity contribution in [1.82, 2.24) is 9.97 Å². The lowest BCUT2D eigenvalue weighted by atomic mass is 10.0. The van der Waals surface area contributed by atoms with E-state index in [1.54, 1.807) is 0 Å². The Kier molecular flexibility index (Phi) is 5.75. The van der Waals surface area contributed by atoms with E-state index in [0.29, 0.717) is 5.82 Å². The summed E-state index contributed by atoms with van der Waals surface area (Å²) in [7, 11) is 0. The van der Waals surface area contributed by atoms with Crippen LogP contribution in [0.4, 0.5) is 17.1 Å². The van der Waals surface area contributed by atoms with Crippen LogP contribution in [0.1, 0.15) is 0 Å². The molecule has 0 spiro atoms. The van der Waals surface area contributed by atoms with Gasteiger partial charge in [0.1, 0.15) is 11.2 Å². The van der Waals surface area contributed by atoms with E-state index in [0.717, 1.165) is 66.7 Å². The molecule has 198 valence electrons. The van der Waals surface area contributed by atoms with Gasteiger partial charge in [-0.05, 0) is 42.5 Å². The number of rotatable bonds is 5. The Balaban J connectivity index is 1.46. The second kappa shape index (κ2) is 10.0. The number of nitrogens with zero attached hydrogens (tertiary/aromatic N) is 3. The van der Waals surface area contributed by atoms with Crippen LogP contribution in [0.2, 0.25) is 0 Å². The summed E-state index contributed by atoms with van der Waals surface area (Å²) in [5.41, 5.74) is 8.47. The lowest BCUT2D eigenvalue weighted by Gasteiger charge is -2.26. The zero-order chi connectivity index (χ0) is 27.9. The van der Waals surface area contributed by atoms with Gasteiger partial charge in [-0.25, -0.2) is 9.97 Å². The quantitative estimate of drug-likeness (QED) is 0.218. The molecule has 42 heavy (non-hydrogen) atoms. The van der Waals surface area contributed by atoms with E-state index in [-0.39, 0.29) is 0 Å². The van der Waals surface area contributed by atoms with Gasteiger partial charge in [0, 0.05) is 44.7 Å². The maximum atomic E-state index is 6.50. The third-order valence-electron chi connectivity index (χ3n) is 7.64. The van der Waals surface area contributed by atoms with Gasteiger partial charge < -0.3 is 9.32 Å². The number of para-hydroxylation sites is 4. The lowest BCUT2D eigenvalue weighted by Crippen LogP contribution is -2.10. The molecule has 6 aromatic carbocycles. The Bertz CT molecular complexity index is 2150. The maximum Gasteiger partial charge on any atom is 0.161 e. The Morgan fingerprint density at radius 1 is 0.476 bits per heavy atom. The first kappa shape index (κ1) is 24.1. The monoisotopic (exact) mass is 539 g/mol. The van der Waals surface area contributed by atoms with Gasteiger partial charge in [0.05, 0.1) is 16.9 Å². The summed E-state index contributed by atoms with van der Waals surface area (Å²) in [4.78, 5) is 12.6. The Morgan fingerprint density at radius 2 is 1.07 bits per heavy atom. The fraction of sp³-hybridized carbons (Fsp3) is 0. The molecule has 0 fully saturated rings. The molecule has 4 nitrogen and oxygen atoms in total. The summed E-state index contributed by atoms with van der Waals surface area (Å²) in [5.74, 6) is 0.659. The third-order valence-corrected chi connectivity index (χ3v) is 7.64. The van der Waals surface area contributed by atoms with Crippen molar-refractivity contribution in [3.8, 4) is 22.6 Å². The highest BCUT2D eigenvalue weighted by Gasteiger charge is 2.21. The molecule has 0 saturated carbocycles. The highest BCUT2D eigenvalue weighted by Crippen LogP contribution is 2.43. The number of aromatic nitrogens is 2. The minimum Gasteiger partial charge on any atom is -0.456 e. The average Bonchev–Trinajstić information content (AvgIpc) is 3.44. The first-order valence-corrected chi connectivity index (χ1v) is 14.0. The fourth-order valence-electron chi connectivity index (χ4n) is 5.76. The predicted molar refractivity (Wildman–Crippen MR) is 172 cm³/mol. The number of hydrogen-bond donors (Lipinski definition) is 0. The number of furan rings is 1. The molecule has 2 aromatic heterocycles. The average molecular weight is 540 g/mol. The van der Waals surface area contributed by atoms with Crippen molar-refractivity contribution in [2.45, 2.75) is 0 Å². The zero-order valence-corrected chi connectivity index (χ0v) is 22.7. The molecule has 0 aliphatic carbocycles. The molecule has 2 heterocycles. The summed E-state index contributed by atoms with van der Waals surface area (Å²) in [6.45, 7) is 0. The van der Waals surface area contributed by atoms with E-state index in [1.165, 1.54) is 0 Å². The fourth-order valence-corrected chi connectivity index (χ4v) is 5.76. The molecule has 0 atom stereocenters. The van der Waals surface area contributed by atoms with E-state index < -0.39 is 0 Å². The summed E-state index contributed by atoms with van der Waals surface area (Å²) in [6, 6.07) is 51.8. The Labute approximate surface area is 243 Å². The van der Waals surface area contributed by atoms with Crippen LogP contribution in [0.25, 0.3) is 55.5 Å². The molecule has 8 aromatic rings. The van der Waals surface area contributed by atoms with Gasteiger partial charge in [-0.1, -0.05) is 103 Å². The second-order valence-corrected chi connectivity index (χ2v) is 10.3. The van der Waals surface area contributed by atoms with Gasteiger partial charge in [0.15, 0.2) is 5.82 Å². The molecule has 8 rings (SSSR count). The molecule has 0 N–H and O–H groups in total. The minimum absolute atomic E-state index is 0.659. The normalized spacial score (nSPS) is 11.3. The standard InChI is InChI=1S/C38H25N3O/c1-4-14-26(15-5-1)37-30-20-10-12-22-33(30)39-38(40-37)32-24-29(25-35-36(32)31-21-11-13-23-34(31)42-35)41(27-16-6-2-7-17-27)28-18-8-3-9-19-28/h1-25H. The van der Waals surface area contributed by atoms with Crippen LogP contribution in [0.15, 0.2) is 156 Å². The molecule has 0 aliphatic rings. The molecule has 0 unspecified atom stereocenters. The SMILES string of the molecule is c1ccc(-c2nc(-c3cc(N(c4ccccc4)c4ccccc4)cc4oc5ccccc5c34)nc3ccccc23)cc1. The molecule has 0 radical (unpaired) electrons. The highest BCUT2D eigenvalue weighted by molar-refractivity contribution is 6.13. The smallest absolute Gasteiger partial charge is 0.161 e. The van der Waals surface area contributed by atoms with E-state index >= 15 is 0 Å². The van der Waals surface area contributed by atoms with Crippen LogP contribution in [-0.2, 0) is 0 Å². The van der Waals surface area contributed by atoms with E-state index in [4.69, 9.17) is 14.4 Å². The van der Waals surface area contributed by atoms with Crippen LogP contribution in [0.3, 0.4) is 0 Å². The van der Waals surface area contributed by atoms with Gasteiger partial charge in [0.25, 0.3) is 0 Å². The largest absolute Gasteiger partial charge is 0.456 e. The van der Waals surface area contributed by atoms with Crippen molar-refractivity contribution in [3.63, 3.8) is 0 Å². The van der Waals surface area contributed by atoms with Crippen LogP contribution in [0, 0.1) is 0 Å². The number of anilines is 3. The number of hydrogen-bond acceptors (Lipinski definition) is 4. The molecule has 0 saturated heterocycles. The zero-order valence-electron chi connectivity index (χ0n) is 22.7. The number of fused-ring (bicyclic) bond motifs is 4. The predicted octanol–water partition coefficient (Wildman–Crippen LogP) is 10.3. The van der Waals surface area contributed by atoms with Crippen molar-refractivity contribution >= 4 is 49.9 Å². The minimum atomic E-state index is 0.659. The molecular weight excluding hydrogens is 514 g/mol.